The molecule has 1 fully saturated rings. The standard InChI is InChI=1S/C17H34N2O/c1-3-5-6-7-8-9-17(20)19-16-12-10-15(11-13-16)18-14-4-2/h15-16,18H,3-14H2,1-2H3,(H,19,20). The van der Waals surface area contributed by atoms with Crippen LogP contribution < -0.4 is 10.6 Å². The van der Waals surface area contributed by atoms with E-state index in [0.29, 0.717) is 12.1 Å². The SMILES string of the molecule is CCCCCCCC(=O)NC1CCC(NCCC)CC1. The molecule has 0 aromatic carbocycles. The summed E-state index contributed by atoms with van der Waals surface area (Å²) in [6.45, 7) is 5.55. The van der Waals surface area contributed by atoms with Gasteiger partial charge < -0.3 is 10.6 Å². The Morgan fingerprint density at radius 1 is 0.900 bits per heavy atom. The lowest BCUT2D eigenvalue weighted by Crippen LogP contribution is -2.42. The molecule has 3 nitrogen and oxygen atoms in total. The van der Waals surface area contributed by atoms with Crippen molar-refractivity contribution in [2.75, 3.05) is 6.54 Å². The molecule has 1 rings (SSSR count). The van der Waals surface area contributed by atoms with Gasteiger partial charge in [-0.15, -0.1) is 0 Å². The second-order valence-corrected chi connectivity index (χ2v) is 6.23. The summed E-state index contributed by atoms with van der Waals surface area (Å²) in [6, 6.07) is 1.11. The summed E-state index contributed by atoms with van der Waals surface area (Å²) in [5, 5.41) is 6.81. The Labute approximate surface area is 125 Å². The Hall–Kier alpha value is -0.570. The largest absolute Gasteiger partial charge is 0.353 e. The van der Waals surface area contributed by atoms with E-state index in [1.54, 1.807) is 0 Å². The summed E-state index contributed by atoms with van der Waals surface area (Å²) in [6.07, 6.45) is 12.7. The highest BCUT2D eigenvalue weighted by Gasteiger charge is 2.21. The van der Waals surface area contributed by atoms with Crippen LogP contribution in [0.1, 0.15) is 84.5 Å². The third-order valence-electron chi connectivity index (χ3n) is 4.28. The fourth-order valence-corrected chi connectivity index (χ4v) is 2.98. The quantitative estimate of drug-likeness (QED) is 0.599. The molecule has 20 heavy (non-hydrogen) atoms. The van der Waals surface area contributed by atoms with Crippen molar-refractivity contribution in [2.45, 2.75) is 96.6 Å². The normalized spacial score (nSPS) is 22.7. The van der Waals surface area contributed by atoms with Crippen molar-refractivity contribution in [3.05, 3.63) is 0 Å². The van der Waals surface area contributed by atoms with Crippen molar-refractivity contribution >= 4 is 5.91 Å². The van der Waals surface area contributed by atoms with Gasteiger partial charge in [-0.3, -0.25) is 4.79 Å². The molecule has 0 saturated heterocycles. The van der Waals surface area contributed by atoms with E-state index in [-0.39, 0.29) is 5.91 Å². The molecule has 0 aromatic heterocycles. The maximum atomic E-state index is 11.9. The predicted octanol–water partition coefficient (Wildman–Crippen LogP) is 3.77. The number of rotatable bonds is 10. The molecule has 0 atom stereocenters. The molecule has 0 aliphatic heterocycles. The Morgan fingerprint density at radius 2 is 1.55 bits per heavy atom. The maximum absolute atomic E-state index is 11.9. The van der Waals surface area contributed by atoms with E-state index in [0.717, 1.165) is 32.2 Å². The van der Waals surface area contributed by atoms with Gasteiger partial charge in [-0.25, -0.2) is 0 Å². The molecule has 0 unspecified atom stereocenters. The molecular weight excluding hydrogens is 248 g/mol. The van der Waals surface area contributed by atoms with Crippen LogP contribution in [0.15, 0.2) is 0 Å². The average Bonchev–Trinajstić information content (AvgIpc) is 2.46. The molecule has 0 spiro atoms. The van der Waals surface area contributed by atoms with Crippen molar-refractivity contribution in [1.82, 2.24) is 10.6 Å². The van der Waals surface area contributed by atoms with Crippen molar-refractivity contribution in [1.29, 1.82) is 0 Å². The molecule has 0 heterocycles. The maximum Gasteiger partial charge on any atom is 0.220 e. The van der Waals surface area contributed by atoms with Crippen molar-refractivity contribution in [2.24, 2.45) is 0 Å². The molecule has 2 N–H and O–H groups in total. The van der Waals surface area contributed by atoms with Gasteiger partial charge in [0.2, 0.25) is 5.91 Å². The Morgan fingerprint density at radius 3 is 2.20 bits per heavy atom. The van der Waals surface area contributed by atoms with Crippen LogP contribution >= 0.6 is 0 Å². The van der Waals surface area contributed by atoms with Gasteiger partial charge >= 0.3 is 0 Å². The van der Waals surface area contributed by atoms with Crippen molar-refractivity contribution in [3.8, 4) is 0 Å². The van der Waals surface area contributed by atoms with Gasteiger partial charge in [0, 0.05) is 18.5 Å². The van der Waals surface area contributed by atoms with E-state index in [1.165, 1.54) is 44.9 Å². The number of amides is 1. The molecule has 0 aromatic rings. The average molecular weight is 282 g/mol. The highest BCUT2D eigenvalue weighted by Crippen LogP contribution is 2.19. The molecule has 0 radical (unpaired) electrons. The minimum absolute atomic E-state index is 0.270. The number of nitrogens with one attached hydrogen (secondary N) is 2. The topological polar surface area (TPSA) is 41.1 Å². The van der Waals surface area contributed by atoms with Gasteiger partial charge in [-0.2, -0.15) is 0 Å². The van der Waals surface area contributed by atoms with Gasteiger partial charge in [-0.1, -0.05) is 39.5 Å². The van der Waals surface area contributed by atoms with Crippen LogP contribution in [0.25, 0.3) is 0 Å². The zero-order chi connectivity index (χ0) is 14.6. The fourth-order valence-electron chi connectivity index (χ4n) is 2.98. The summed E-state index contributed by atoms with van der Waals surface area (Å²) in [4.78, 5) is 11.9. The fraction of sp³-hybridized carbons (Fsp3) is 0.941. The second-order valence-electron chi connectivity index (χ2n) is 6.23. The summed E-state index contributed by atoms with van der Waals surface area (Å²) in [7, 11) is 0. The predicted molar refractivity (Wildman–Crippen MR) is 85.9 cm³/mol. The number of carbonyl (C=O) groups excluding carboxylic acids is 1. The first kappa shape index (κ1) is 17.5. The first-order chi connectivity index (χ1) is 9.76. The first-order valence-corrected chi connectivity index (χ1v) is 8.79. The van der Waals surface area contributed by atoms with Crippen LogP contribution in [0.2, 0.25) is 0 Å². The van der Waals surface area contributed by atoms with Gasteiger partial charge in [0.25, 0.3) is 0 Å². The Balaban J connectivity index is 2.03. The van der Waals surface area contributed by atoms with Gasteiger partial charge in [0.1, 0.15) is 0 Å². The Kier molecular flexibility index (Phi) is 9.73. The lowest BCUT2D eigenvalue weighted by atomic mass is 9.91. The lowest BCUT2D eigenvalue weighted by molar-refractivity contribution is -0.122. The Bertz CT molecular complexity index is 247. The molecule has 0 bridgehead atoms. The van der Waals surface area contributed by atoms with Gasteiger partial charge in [-0.05, 0) is 45.1 Å². The zero-order valence-electron chi connectivity index (χ0n) is 13.5. The molecule has 118 valence electrons. The first-order valence-electron chi connectivity index (χ1n) is 8.79. The van der Waals surface area contributed by atoms with E-state index in [1.807, 2.05) is 0 Å². The third-order valence-corrected chi connectivity index (χ3v) is 4.28. The van der Waals surface area contributed by atoms with E-state index >= 15 is 0 Å². The number of carbonyl (C=O) groups is 1. The van der Waals surface area contributed by atoms with Gasteiger partial charge in [0.15, 0.2) is 0 Å². The molecule has 1 aliphatic carbocycles. The number of hydrogen-bond acceptors (Lipinski definition) is 2. The van der Waals surface area contributed by atoms with Crippen LogP contribution in [-0.2, 0) is 4.79 Å². The molecule has 1 saturated carbocycles. The van der Waals surface area contributed by atoms with E-state index < -0.39 is 0 Å². The van der Waals surface area contributed by atoms with E-state index in [9.17, 15) is 4.79 Å². The monoisotopic (exact) mass is 282 g/mol. The second kappa shape index (κ2) is 11.1. The van der Waals surface area contributed by atoms with Crippen LogP contribution in [0.5, 0.6) is 0 Å². The van der Waals surface area contributed by atoms with Crippen molar-refractivity contribution in [3.63, 3.8) is 0 Å². The van der Waals surface area contributed by atoms with Crippen LogP contribution in [0.3, 0.4) is 0 Å². The molecular formula is C17H34N2O. The van der Waals surface area contributed by atoms with Crippen LogP contribution in [-0.4, -0.2) is 24.5 Å². The smallest absolute Gasteiger partial charge is 0.220 e. The summed E-state index contributed by atoms with van der Waals surface area (Å²) in [5.41, 5.74) is 0. The lowest BCUT2D eigenvalue weighted by Gasteiger charge is -2.29. The summed E-state index contributed by atoms with van der Waals surface area (Å²) < 4.78 is 0. The van der Waals surface area contributed by atoms with Crippen LogP contribution in [0, 0.1) is 0 Å². The van der Waals surface area contributed by atoms with Gasteiger partial charge in [0.05, 0.1) is 0 Å². The highest BCUT2D eigenvalue weighted by molar-refractivity contribution is 5.76. The third kappa shape index (κ3) is 7.88. The molecule has 1 amide bonds. The summed E-state index contributed by atoms with van der Waals surface area (Å²) in [5.74, 6) is 0.270. The molecule has 1 aliphatic rings. The van der Waals surface area contributed by atoms with Crippen LogP contribution in [0.4, 0.5) is 0 Å². The minimum atomic E-state index is 0.270. The number of hydrogen-bond donors (Lipinski definition) is 2. The minimum Gasteiger partial charge on any atom is -0.353 e. The highest BCUT2D eigenvalue weighted by atomic mass is 16.1. The van der Waals surface area contributed by atoms with E-state index in [2.05, 4.69) is 24.5 Å². The van der Waals surface area contributed by atoms with E-state index in [4.69, 9.17) is 0 Å². The summed E-state index contributed by atoms with van der Waals surface area (Å²) >= 11 is 0. The molecule has 3 heteroatoms. The number of unbranched alkanes of at least 4 members (excludes halogenated alkanes) is 4. The van der Waals surface area contributed by atoms with Crippen molar-refractivity contribution < 1.29 is 4.79 Å². The zero-order valence-corrected chi connectivity index (χ0v) is 13.5.